The third kappa shape index (κ3) is 3.00. The molecule has 1 aliphatic rings. The minimum absolute atomic E-state index is 0.0320. The first-order valence-electron chi connectivity index (χ1n) is 8.49. The molecule has 1 fully saturated rings. The van der Waals surface area contributed by atoms with Gasteiger partial charge in [-0.2, -0.15) is 32.3 Å². The van der Waals surface area contributed by atoms with E-state index in [-0.39, 0.29) is 33.3 Å². The second-order valence-corrected chi connectivity index (χ2v) is 7.25. The highest BCUT2D eigenvalue weighted by molar-refractivity contribution is 6.29. The summed E-state index contributed by atoms with van der Waals surface area (Å²) in [6.07, 6.45) is -0.632. The first kappa shape index (κ1) is 18.2. The molecule has 1 unspecified atom stereocenters. The molecule has 0 aliphatic heterocycles. The molecule has 150 valence electrons. The lowest BCUT2D eigenvalue weighted by atomic mass is 10.1. The summed E-state index contributed by atoms with van der Waals surface area (Å²) in [7, 11) is 0. The van der Waals surface area contributed by atoms with E-state index < -0.39 is 30.4 Å². The Labute approximate surface area is 163 Å². The maximum Gasteiger partial charge on any atom is 0.408 e. The van der Waals surface area contributed by atoms with E-state index in [1.54, 1.807) is 0 Å². The number of pyridine rings is 1. The number of imidazole rings is 1. The Balaban J connectivity index is 1.55. The van der Waals surface area contributed by atoms with Crippen LogP contribution in [0.15, 0.2) is 24.7 Å². The maximum absolute atomic E-state index is 15.1. The van der Waals surface area contributed by atoms with Crippen molar-refractivity contribution in [2.45, 2.75) is 31.0 Å². The molecule has 2 atom stereocenters. The van der Waals surface area contributed by atoms with Crippen molar-refractivity contribution in [3.8, 4) is 0 Å². The molecule has 0 bridgehead atoms. The van der Waals surface area contributed by atoms with Crippen molar-refractivity contribution < 1.29 is 22.0 Å². The number of nitrogens with zero attached hydrogens (tertiary/aromatic N) is 6. The predicted molar refractivity (Wildman–Crippen MR) is 91.6 cm³/mol. The lowest BCUT2D eigenvalue weighted by Gasteiger charge is -2.09. The van der Waals surface area contributed by atoms with Crippen LogP contribution in [0.1, 0.15) is 29.5 Å². The van der Waals surface area contributed by atoms with Crippen molar-refractivity contribution in [2.75, 3.05) is 0 Å². The minimum Gasteiger partial charge on any atom is -0.257 e. The van der Waals surface area contributed by atoms with Crippen molar-refractivity contribution >= 4 is 28.2 Å². The topological polar surface area (TPSA) is 60.9 Å². The Kier molecular flexibility index (Phi) is 3.83. The Bertz CT molecular complexity index is 1260. The van der Waals surface area contributed by atoms with Gasteiger partial charge in [-0.25, -0.2) is 9.37 Å². The van der Waals surface area contributed by atoms with Gasteiger partial charge in [0.15, 0.2) is 16.6 Å². The van der Waals surface area contributed by atoms with Crippen LogP contribution in [0.3, 0.4) is 0 Å². The summed E-state index contributed by atoms with van der Waals surface area (Å²) in [4.78, 5) is 8.08. The summed E-state index contributed by atoms with van der Waals surface area (Å²) in [5.74, 6) is -2.21. The molecular weight excluding hydrogens is 419 g/mol. The monoisotopic (exact) mass is 428 g/mol. The maximum atomic E-state index is 15.1. The van der Waals surface area contributed by atoms with Crippen LogP contribution in [-0.4, -0.2) is 35.5 Å². The molecule has 0 radical (unpaired) electrons. The van der Waals surface area contributed by atoms with Gasteiger partial charge in [-0.15, -0.1) is 0 Å². The van der Waals surface area contributed by atoms with Crippen LogP contribution in [0, 0.1) is 11.8 Å². The highest BCUT2D eigenvalue weighted by Crippen LogP contribution is 2.56. The second kappa shape index (κ2) is 6.09. The summed E-state index contributed by atoms with van der Waals surface area (Å²) in [5.41, 5.74) is 0.610. The van der Waals surface area contributed by atoms with E-state index >= 15 is 4.39 Å². The Morgan fingerprint density at radius 3 is 2.66 bits per heavy atom. The molecule has 0 N–H and O–H groups in total. The number of alkyl halides is 3. The Morgan fingerprint density at radius 2 is 1.90 bits per heavy atom. The second-order valence-electron chi connectivity index (χ2n) is 6.87. The molecule has 12 heteroatoms. The average Bonchev–Trinajstić information content (AvgIpc) is 3.19. The van der Waals surface area contributed by atoms with Gasteiger partial charge >= 0.3 is 6.18 Å². The van der Waals surface area contributed by atoms with E-state index in [4.69, 9.17) is 11.6 Å². The highest BCUT2D eigenvalue weighted by atomic mass is 35.5. The summed E-state index contributed by atoms with van der Waals surface area (Å²) >= 11 is 5.96. The zero-order valence-electron chi connectivity index (χ0n) is 14.3. The molecular formula is C17H10ClF5N6. The first-order chi connectivity index (χ1) is 13.7. The summed E-state index contributed by atoms with van der Waals surface area (Å²) in [6.45, 7) is -1.40. The van der Waals surface area contributed by atoms with Gasteiger partial charge < -0.3 is 0 Å². The number of aromatic nitrogens is 6. The molecule has 0 aromatic carbocycles. The number of halogens is 6. The molecule has 6 nitrogen and oxygen atoms in total. The lowest BCUT2D eigenvalue weighted by Crippen LogP contribution is -2.19. The average molecular weight is 429 g/mol. The van der Waals surface area contributed by atoms with Crippen LogP contribution >= 0.6 is 11.6 Å². The number of hydrogen-bond acceptors (Lipinski definition) is 4. The number of fused-ring (bicyclic) bond motifs is 2. The lowest BCUT2D eigenvalue weighted by molar-refractivity contribution is -0.141. The van der Waals surface area contributed by atoms with Gasteiger partial charge in [0.2, 0.25) is 5.95 Å². The number of hydrogen-bond donors (Lipinski definition) is 0. The fourth-order valence-corrected chi connectivity index (χ4v) is 3.84. The molecule has 4 aromatic rings. The van der Waals surface area contributed by atoms with Crippen molar-refractivity contribution in [2.24, 2.45) is 0 Å². The van der Waals surface area contributed by atoms with E-state index in [0.717, 1.165) is 16.9 Å². The molecule has 0 spiro atoms. The smallest absolute Gasteiger partial charge is 0.257 e. The van der Waals surface area contributed by atoms with E-state index in [1.165, 1.54) is 12.3 Å². The molecule has 0 amide bonds. The van der Waals surface area contributed by atoms with Crippen LogP contribution in [0.2, 0.25) is 5.15 Å². The van der Waals surface area contributed by atoms with Crippen molar-refractivity contribution in [3.63, 3.8) is 0 Å². The van der Waals surface area contributed by atoms with Crippen LogP contribution in [0.25, 0.3) is 16.6 Å². The van der Waals surface area contributed by atoms with Gasteiger partial charge in [0, 0.05) is 23.1 Å². The zero-order chi connectivity index (χ0) is 20.5. The quantitative estimate of drug-likeness (QED) is 0.458. The summed E-state index contributed by atoms with van der Waals surface area (Å²) in [5, 5.41) is 7.69. The summed E-state index contributed by atoms with van der Waals surface area (Å²) < 4.78 is 68.7. The van der Waals surface area contributed by atoms with Crippen molar-refractivity contribution in [3.05, 3.63) is 52.8 Å². The molecule has 4 aromatic heterocycles. The van der Waals surface area contributed by atoms with Crippen molar-refractivity contribution in [1.82, 2.24) is 29.4 Å². The highest BCUT2D eigenvalue weighted by Gasteiger charge is 2.44. The fraction of sp³-hybridized carbons (Fsp3) is 0.294. The largest absolute Gasteiger partial charge is 0.408 e. The molecule has 1 aliphatic carbocycles. The third-order valence-electron chi connectivity index (χ3n) is 4.94. The van der Waals surface area contributed by atoms with Gasteiger partial charge in [0.25, 0.3) is 0 Å². The minimum atomic E-state index is -4.54. The third-order valence-corrected chi connectivity index (χ3v) is 5.12. The Hall–Kier alpha value is -2.82. The Morgan fingerprint density at radius 1 is 1.10 bits per heavy atom. The van der Waals surface area contributed by atoms with Gasteiger partial charge in [0.05, 0.1) is 18.1 Å². The molecule has 5 rings (SSSR count). The van der Waals surface area contributed by atoms with E-state index in [1.807, 2.05) is 0 Å². The predicted octanol–water partition coefficient (Wildman–Crippen LogP) is 4.24. The van der Waals surface area contributed by atoms with Crippen LogP contribution < -0.4 is 0 Å². The molecule has 1 saturated carbocycles. The van der Waals surface area contributed by atoms with E-state index in [9.17, 15) is 17.6 Å². The van der Waals surface area contributed by atoms with Gasteiger partial charge in [-0.05, 0) is 18.4 Å². The van der Waals surface area contributed by atoms with Crippen LogP contribution in [0.4, 0.5) is 22.0 Å². The zero-order valence-corrected chi connectivity index (χ0v) is 15.1. The van der Waals surface area contributed by atoms with Crippen molar-refractivity contribution in [1.29, 1.82) is 0 Å². The summed E-state index contributed by atoms with van der Waals surface area (Å²) in [6, 6.07) is 1.53. The first-order valence-corrected chi connectivity index (χ1v) is 8.87. The van der Waals surface area contributed by atoms with Gasteiger partial charge in [-0.3, -0.25) is 9.67 Å². The fourth-order valence-electron chi connectivity index (χ4n) is 3.65. The molecule has 4 heterocycles. The van der Waals surface area contributed by atoms with Gasteiger partial charge in [-0.1, -0.05) is 11.6 Å². The van der Waals surface area contributed by atoms with Gasteiger partial charge in [0.1, 0.15) is 12.1 Å². The number of rotatable bonds is 3. The van der Waals surface area contributed by atoms with Crippen LogP contribution in [-0.2, 0) is 6.54 Å². The molecule has 0 saturated heterocycles. The van der Waals surface area contributed by atoms with E-state index in [2.05, 4.69) is 20.2 Å². The van der Waals surface area contributed by atoms with E-state index in [0.29, 0.717) is 16.7 Å². The standard InChI is InChI=1S/C17H10ClF5N6/c18-11-2-10(16-25-5-12(19)29(16)27-11)8-1-9(8)14-13(20)15-7(3-24-14)4-26-28(15)6-17(21,22)23/h2-5,8-9H,1,6H2/t8-,9?/m0/s1. The SMILES string of the molecule is Fc1c(C2C[C@@H]2c2cc(Cl)nn3c(F)cnc23)ncc2cnn(CC(F)(F)F)c12. The van der Waals surface area contributed by atoms with Crippen LogP contribution in [0.5, 0.6) is 0 Å². The molecule has 29 heavy (non-hydrogen) atoms. The normalized spacial score (nSPS) is 19.4.